The summed E-state index contributed by atoms with van der Waals surface area (Å²) in [5, 5.41) is -2.93. The number of benzene rings is 2. The lowest BCUT2D eigenvalue weighted by molar-refractivity contribution is -0.382. The first-order valence-corrected chi connectivity index (χ1v) is 14.6. The molecule has 0 saturated heterocycles. The van der Waals surface area contributed by atoms with Gasteiger partial charge in [-0.2, -0.15) is 50.9 Å². The maximum absolute atomic E-state index is 12.8. The molecule has 0 atom stereocenters. The van der Waals surface area contributed by atoms with Crippen LogP contribution in [0.4, 0.5) is 39.5 Å². The lowest BCUT2D eigenvalue weighted by atomic mass is 10.0. The molecule has 3 aromatic rings. The normalized spacial score (nSPS) is 13.2. The molecule has 0 aliphatic rings. The fourth-order valence-corrected chi connectivity index (χ4v) is 4.98. The van der Waals surface area contributed by atoms with E-state index in [0.29, 0.717) is 0 Å². The van der Waals surface area contributed by atoms with Gasteiger partial charge in [-0.15, -0.1) is 0 Å². The van der Waals surface area contributed by atoms with Crippen LogP contribution in [-0.4, -0.2) is 54.5 Å². The van der Waals surface area contributed by atoms with Crippen molar-refractivity contribution in [3.05, 3.63) is 76.5 Å². The second-order valence-electron chi connectivity index (χ2n) is 7.85. The smallest absolute Gasteiger partial charge is 0.460 e. The summed E-state index contributed by atoms with van der Waals surface area (Å²) in [5.74, 6) is -14.7. The van der Waals surface area contributed by atoms with Gasteiger partial charge in [0.1, 0.15) is 12.5 Å². The molecule has 39 heavy (non-hydrogen) atoms. The molecule has 0 unspecified atom stereocenters. The molecule has 16 heteroatoms. The first-order valence-electron chi connectivity index (χ1n) is 10.2. The van der Waals surface area contributed by atoms with Crippen LogP contribution in [0.15, 0.2) is 70.3 Å². The van der Waals surface area contributed by atoms with E-state index in [9.17, 15) is 57.3 Å². The molecule has 0 bridgehead atoms. The minimum absolute atomic E-state index is 0.0670. The number of carbonyl (C=O) groups excluding carboxylic acids is 1. The third-order valence-corrected chi connectivity index (χ3v) is 7.81. The van der Waals surface area contributed by atoms with Crippen molar-refractivity contribution in [2.45, 2.75) is 28.2 Å². The Balaban J connectivity index is 0.000000285. The number of halogens is 9. The third-order valence-electron chi connectivity index (χ3n) is 5.00. The van der Waals surface area contributed by atoms with Crippen LogP contribution in [0.5, 0.6) is 0 Å². The van der Waals surface area contributed by atoms with Gasteiger partial charge in [-0.05, 0) is 40.1 Å². The van der Waals surface area contributed by atoms with E-state index in [4.69, 9.17) is 0 Å². The van der Waals surface area contributed by atoms with Gasteiger partial charge in [0.2, 0.25) is 0 Å². The molecule has 1 heterocycles. The van der Waals surface area contributed by atoms with Crippen LogP contribution in [-0.2, 0) is 21.0 Å². The highest BCUT2D eigenvalue weighted by atomic mass is 32.2. The summed E-state index contributed by atoms with van der Waals surface area (Å²) >= 11 is 1.68. The molecule has 0 spiro atoms. The first-order chi connectivity index (χ1) is 17.7. The second kappa shape index (κ2) is 11.5. The zero-order chi connectivity index (χ0) is 30.0. The number of alkyl halides is 9. The Morgan fingerprint density at radius 1 is 0.795 bits per heavy atom. The standard InChI is InChI=1S/C19H17OS2.C4HF9O3S/c1-22(2)18-6-4-3-5-17(18)19(20)15-9-7-14(8-10-15)16-11-12-21-13-16;5-1(6,3(9,10)11)2(7,8)4(12,13)17(14,15)16/h3-13H,1-2H3;(H,14,15,16)/q+1;/p-1. The van der Waals surface area contributed by atoms with E-state index in [1.54, 1.807) is 11.3 Å². The maximum Gasteiger partial charge on any atom is 0.460 e. The zero-order valence-corrected chi connectivity index (χ0v) is 22.1. The molecule has 0 fully saturated rings. The summed E-state index contributed by atoms with van der Waals surface area (Å²) in [6, 6.07) is 17.9. The van der Waals surface area contributed by atoms with Crippen LogP contribution in [0, 0.1) is 0 Å². The number of hydrogen-bond acceptors (Lipinski definition) is 5. The summed E-state index contributed by atoms with van der Waals surface area (Å²) in [7, 11) is -7.35. The largest absolute Gasteiger partial charge is 0.743 e. The number of thiophene rings is 1. The van der Waals surface area contributed by atoms with Crippen LogP contribution < -0.4 is 0 Å². The molecule has 0 N–H and O–H groups in total. The topological polar surface area (TPSA) is 74.3 Å². The summed E-state index contributed by atoms with van der Waals surface area (Å²) < 4.78 is 135. The lowest BCUT2D eigenvalue weighted by Crippen LogP contribution is -2.63. The molecular weight excluding hydrogens is 607 g/mol. The molecule has 0 aliphatic heterocycles. The Morgan fingerprint density at radius 3 is 1.77 bits per heavy atom. The van der Waals surface area contributed by atoms with E-state index >= 15 is 0 Å². The van der Waals surface area contributed by atoms with Crippen LogP contribution in [0.2, 0.25) is 0 Å². The first kappa shape index (κ1) is 32.7. The van der Waals surface area contributed by atoms with Gasteiger partial charge in [-0.3, -0.25) is 4.79 Å². The fraction of sp³-hybridized carbons (Fsp3) is 0.261. The highest BCUT2D eigenvalue weighted by Crippen LogP contribution is 2.54. The van der Waals surface area contributed by atoms with Gasteiger partial charge >= 0.3 is 23.3 Å². The summed E-state index contributed by atoms with van der Waals surface area (Å²) in [4.78, 5) is 13.9. The van der Waals surface area contributed by atoms with Gasteiger partial charge in [0.25, 0.3) is 0 Å². The van der Waals surface area contributed by atoms with Crippen molar-refractivity contribution < 1.29 is 57.3 Å². The Morgan fingerprint density at radius 2 is 1.33 bits per heavy atom. The van der Waals surface area contributed by atoms with Gasteiger partial charge < -0.3 is 4.55 Å². The molecule has 0 aliphatic carbocycles. The van der Waals surface area contributed by atoms with Crippen molar-refractivity contribution in [1.82, 2.24) is 0 Å². The van der Waals surface area contributed by atoms with E-state index < -0.39 is 33.4 Å². The number of rotatable bonds is 7. The zero-order valence-electron chi connectivity index (χ0n) is 19.6. The molecule has 0 radical (unpaired) electrons. The SMILES string of the molecule is C[S+](C)c1ccccc1C(=O)c1ccc(-c2ccsc2)cc1.O=S(=O)([O-])C(F)(F)C(F)(F)C(F)(F)C(F)(F)F. The van der Waals surface area contributed by atoms with Gasteiger partial charge in [-0.1, -0.05) is 36.4 Å². The van der Waals surface area contributed by atoms with E-state index in [-0.39, 0.29) is 16.7 Å². The number of hydrogen-bond donors (Lipinski definition) is 0. The highest BCUT2D eigenvalue weighted by molar-refractivity contribution is 7.95. The van der Waals surface area contributed by atoms with E-state index in [1.165, 1.54) is 5.56 Å². The van der Waals surface area contributed by atoms with Gasteiger partial charge in [0.05, 0.1) is 5.56 Å². The Labute approximate surface area is 223 Å². The number of ketones is 1. The van der Waals surface area contributed by atoms with Crippen LogP contribution in [0.1, 0.15) is 15.9 Å². The van der Waals surface area contributed by atoms with Crippen molar-refractivity contribution >= 4 is 38.1 Å². The summed E-state index contributed by atoms with van der Waals surface area (Å²) in [6.07, 6.45) is -2.87. The van der Waals surface area contributed by atoms with Gasteiger partial charge in [-0.25, -0.2) is 8.42 Å². The van der Waals surface area contributed by atoms with Gasteiger partial charge in [0.15, 0.2) is 20.8 Å². The Bertz CT molecular complexity index is 1380. The van der Waals surface area contributed by atoms with Crippen molar-refractivity contribution in [2.24, 2.45) is 0 Å². The fourth-order valence-electron chi connectivity index (χ4n) is 2.93. The van der Waals surface area contributed by atoms with Crippen LogP contribution in [0.3, 0.4) is 0 Å². The molecule has 214 valence electrons. The molecule has 2 aromatic carbocycles. The second-order valence-corrected chi connectivity index (χ2v) is 12.1. The highest BCUT2D eigenvalue weighted by Gasteiger charge is 2.83. The minimum atomic E-state index is -7.43. The van der Waals surface area contributed by atoms with Crippen molar-refractivity contribution in [3.8, 4) is 11.1 Å². The summed E-state index contributed by atoms with van der Waals surface area (Å²) in [6.45, 7) is 0. The predicted octanol–water partition coefficient (Wildman–Crippen LogP) is 6.84. The van der Waals surface area contributed by atoms with E-state index in [1.807, 2.05) is 42.5 Å². The van der Waals surface area contributed by atoms with Crippen LogP contribution in [0.25, 0.3) is 11.1 Å². The van der Waals surface area contributed by atoms with E-state index in [2.05, 4.69) is 35.4 Å². The average Bonchev–Trinajstić information content (AvgIpc) is 3.37. The molecule has 1 aromatic heterocycles. The minimum Gasteiger partial charge on any atom is -0.743 e. The van der Waals surface area contributed by atoms with Crippen molar-refractivity contribution in [3.63, 3.8) is 0 Å². The van der Waals surface area contributed by atoms with Crippen molar-refractivity contribution in [2.75, 3.05) is 12.5 Å². The molecule has 0 amide bonds. The quantitative estimate of drug-likeness (QED) is 0.125. The number of carbonyl (C=O) groups is 1. The molecular formula is C23H17F9O4S3. The van der Waals surface area contributed by atoms with E-state index in [0.717, 1.165) is 21.6 Å². The monoisotopic (exact) mass is 624 g/mol. The predicted molar refractivity (Wildman–Crippen MR) is 128 cm³/mol. The maximum atomic E-state index is 12.8. The lowest BCUT2D eigenvalue weighted by Gasteiger charge is -2.34. The molecule has 3 rings (SSSR count). The Hall–Kier alpha value is -2.56. The summed E-state index contributed by atoms with van der Waals surface area (Å²) in [5.41, 5.74) is 3.92. The van der Waals surface area contributed by atoms with Crippen molar-refractivity contribution in [1.29, 1.82) is 0 Å². The van der Waals surface area contributed by atoms with Crippen LogP contribution >= 0.6 is 11.3 Å². The molecule has 4 nitrogen and oxygen atoms in total. The third kappa shape index (κ3) is 6.61. The molecule has 0 saturated carbocycles. The average molecular weight is 625 g/mol. The van der Waals surface area contributed by atoms with Gasteiger partial charge in [0, 0.05) is 16.5 Å². The Kier molecular flexibility index (Phi) is 9.63.